The van der Waals surface area contributed by atoms with Gasteiger partial charge in [-0.25, -0.2) is 0 Å². The van der Waals surface area contributed by atoms with Crippen LogP contribution in [0.1, 0.15) is 56.0 Å². The van der Waals surface area contributed by atoms with Crippen LogP contribution >= 0.6 is 12.4 Å². The zero-order chi connectivity index (χ0) is 15.3. The van der Waals surface area contributed by atoms with Crippen LogP contribution in [0.2, 0.25) is 0 Å². The number of hydrogen-bond acceptors (Lipinski definition) is 2. The maximum atomic E-state index is 12.8. The molecule has 2 N–H and O–H groups in total. The first-order valence-corrected chi connectivity index (χ1v) is 7.92. The van der Waals surface area contributed by atoms with Crippen molar-refractivity contribution in [3.63, 3.8) is 0 Å². The van der Waals surface area contributed by atoms with Gasteiger partial charge < -0.3 is 10.6 Å². The van der Waals surface area contributed by atoms with Crippen LogP contribution in [0.3, 0.4) is 0 Å². The third kappa shape index (κ3) is 3.16. The quantitative estimate of drug-likeness (QED) is 0.904. The second-order valence-electron chi connectivity index (χ2n) is 8.05. The molecule has 1 saturated carbocycles. The molecule has 3 rings (SSSR count). The fourth-order valence-corrected chi connectivity index (χ4v) is 4.65. The number of halogens is 1. The van der Waals surface area contributed by atoms with Crippen molar-refractivity contribution in [3.05, 3.63) is 35.4 Å². The Morgan fingerprint density at radius 3 is 2.45 bits per heavy atom. The lowest BCUT2D eigenvalue weighted by Gasteiger charge is -2.39. The van der Waals surface area contributed by atoms with Gasteiger partial charge in [0.15, 0.2) is 0 Å². The molecule has 2 unspecified atom stereocenters. The topological polar surface area (TPSA) is 46.3 Å². The summed E-state index contributed by atoms with van der Waals surface area (Å²) in [5, 5.41) is 0. The third-order valence-corrected chi connectivity index (χ3v) is 5.11. The van der Waals surface area contributed by atoms with Gasteiger partial charge in [-0.05, 0) is 47.8 Å². The predicted molar refractivity (Wildman–Crippen MR) is 92.1 cm³/mol. The molecule has 3 nitrogen and oxygen atoms in total. The molecule has 122 valence electrons. The van der Waals surface area contributed by atoms with Gasteiger partial charge in [-0.1, -0.05) is 32.9 Å². The summed E-state index contributed by atoms with van der Waals surface area (Å²) in [5.41, 5.74) is 8.12. The number of nitrogens with zero attached hydrogens (tertiary/aromatic N) is 1. The van der Waals surface area contributed by atoms with Crippen LogP contribution in [0.15, 0.2) is 24.3 Å². The number of hydrogen-bond donors (Lipinski definition) is 1. The second kappa shape index (κ2) is 5.86. The molecule has 22 heavy (non-hydrogen) atoms. The van der Waals surface area contributed by atoms with Crippen molar-refractivity contribution in [3.8, 4) is 0 Å². The van der Waals surface area contributed by atoms with E-state index in [4.69, 9.17) is 5.73 Å². The fraction of sp³-hybridized carbons (Fsp3) is 0.611. The number of rotatable bonds is 2. The summed E-state index contributed by atoms with van der Waals surface area (Å²) < 4.78 is 0. The van der Waals surface area contributed by atoms with E-state index in [1.54, 1.807) is 0 Å². The van der Waals surface area contributed by atoms with Crippen LogP contribution < -0.4 is 5.73 Å². The summed E-state index contributed by atoms with van der Waals surface area (Å²) in [5.74, 6) is 0.185. The van der Waals surface area contributed by atoms with Gasteiger partial charge in [0, 0.05) is 24.7 Å². The molecule has 1 heterocycles. The maximum Gasteiger partial charge on any atom is 0.254 e. The first-order valence-electron chi connectivity index (χ1n) is 7.92. The summed E-state index contributed by atoms with van der Waals surface area (Å²) in [4.78, 5) is 15.0. The van der Waals surface area contributed by atoms with Crippen LogP contribution in [-0.4, -0.2) is 23.4 Å². The van der Waals surface area contributed by atoms with E-state index >= 15 is 0 Å². The van der Waals surface area contributed by atoms with Crippen molar-refractivity contribution in [2.24, 2.45) is 16.6 Å². The molecule has 2 bridgehead atoms. The van der Waals surface area contributed by atoms with Gasteiger partial charge in [-0.2, -0.15) is 0 Å². The van der Waals surface area contributed by atoms with E-state index in [-0.39, 0.29) is 18.3 Å². The fourth-order valence-electron chi connectivity index (χ4n) is 4.65. The molecule has 0 radical (unpaired) electrons. The minimum atomic E-state index is 0. The minimum Gasteiger partial charge on any atom is -0.335 e. The zero-order valence-electron chi connectivity index (χ0n) is 13.8. The van der Waals surface area contributed by atoms with E-state index in [0.717, 1.165) is 30.5 Å². The molecular formula is C18H27ClN2O. The number of fused-ring (bicyclic) bond motifs is 2. The van der Waals surface area contributed by atoms with Crippen molar-refractivity contribution in [1.82, 2.24) is 4.90 Å². The van der Waals surface area contributed by atoms with Crippen molar-refractivity contribution in [2.45, 2.75) is 52.6 Å². The lowest BCUT2D eigenvalue weighted by molar-refractivity contribution is 0.0708. The van der Waals surface area contributed by atoms with Crippen LogP contribution in [0, 0.1) is 10.8 Å². The Labute approximate surface area is 139 Å². The van der Waals surface area contributed by atoms with Crippen molar-refractivity contribution >= 4 is 18.3 Å². The molecule has 1 aromatic carbocycles. The molecule has 1 amide bonds. The Hall–Kier alpha value is -1.06. The SMILES string of the molecule is CC1(C)CC2CC(C)(CN2C(=O)c2ccc(CN)cc2)C1.Cl. The van der Waals surface area contributed by atoms with Gasteiger partial charge in [-0.15, -0.1) is 12.4 Å². The van der Waals surface area contributed by atoms with Crippen molar-refractivity contribution < 1.29 is 4.79 Å². The molecule has 1 saturated heterocycles. The van der Waals surface area contributed by atoms with Crippen LogP contribution in [0.25, 0.3) is 0 Å². The van der Waals surface area contributed by atoms with Gasteiger partial charge in [0.2, 0.25) is 0 Å². The molecular weight excluding hydrogens is 296 g/mol. The summed E-state index contributed by atoms with van der Waals surface area (Å²) in [7, 11) is 0. The highest BCUT2D eigenvalue weighted by Gasteiger charge is 2.50. The largest absolute Gasteiger partial charge is 0.335 e. The van der Waals surface area contributed by atoms with E-state index in [0.29, 0.717) is 23.4 Å². The Morgan fingerprint density at radius 2 is 1.86 bits per heavy atom. The molecule has 1 aromatic rings. The second-order valence-corrected chi connectivity index (χ2v) is 8.05. The Balaban J connectivity index is 0.00000176. The number of benzene rings is 1. The first kappa shape index (κ1) is 17.3. The maximum absolute atomic E-state index is 12.8. The van der Waals surface area contributed by atoms with E-state index in [1.807, 2.05) is 24.3 Å². The van der Waals surface area contributed by atoms with Crippen molar-refractivity contribution in [1.29, 1.82) is 0 Å². The lowest BCUT2D eigenvalue weighted by atomic mass is 9.65. The molecule has 1 aliphatic heterocycles. The minimum absolute atomic E-state index is 0. The average Bonchev–Trinajstić information content (AvgIpc) is 2.67. The zero-order valence-corrected chi connectivity index (χ0v) is 14.6. The van der Waals surface area contributed by atoms with Gasteiger partial charge in [0.25, 0.3) is 5.91 Å². The summed E-state index contributed by atoms with van der Waals surface area (Å²) in [6, 6.07) is 8.16. The van der Waals surface area contributed by atoms with Crippen LogP contribution in [0.5, 0.6) is 0 Å². The normalized spacial score (nSPS) is 29.1. The number of nitrogens with two attached hydrogens (primary N) is 1. The average molecular weight is 323 g/mol. The molecule has 1 aliphatic carbocycles. The Morgan fingerprint density at radius 1 is 1.23 bits per heavy atom. The van der Waals surface area contributed by atoms with E-state index in [2.05, 4.69) is 25.7 Å². The van der Waals surface area contributed by atoms with E-state index in [9.17, 15) is 4.79 Å². The summed E-state index contributed by atoms with van der Waals surface area (Å²) >= 11 is 0. The van der Waals surface area contributed by atoms with Gasteiger partial charge >= 0.3 is 0 Å². The molecule has 4 heteroatoms. The highest BCUT2D eigenvalue weighted by molar-refractivity contribution is 5.94. The number of carbonyl (C=O) groups is 1. The van der Waals surface area contributed by atoms with Gasteiger partial charge in [0.1, 0.15) is 0 Å². The molecule has 0 aromatic heterocycles. The first-order chi connectivity index (χ1) is 9.82. The van der Waals surface area contributed by atoms with Crippen LogP contribution in [-0.2, 0) is 6.54 Å². The number of amides is 1. The van der Waals surface area contributed by atoms with Crippen LogP contribution in [0.4, 0.5) is 0 Å². The highest BCUT2D eigenvalue weighted by Crippen LogP contribution is 2.52. The predicted octanol–water partition coefficient (Wildman–Crippen LogP) is 3.61. The highest BCUT2D eigenvalue weighted by atomic mass is 35.5. The molecule has 2 fully saturated rings. The summed E-state index contributed by atoms with van der Waals surface area (Å²) in [6.07, 6.45) is 3.49. The summed E-state index contributed by atoms with van der Waals surface area (Å²) in [6.45, 7) is 8.43. The third-order valence-electron chi connectivity index (χ3n) is 5.11. The Bertz CT molecular complexity index is 555. The Kier molecular flexibility index (Phi) is 4.61. The molecule has 2 aliphatic rings. The monoisotopic (exact) mass is 322 g/mol. The molecule has 2 atom stereocenters. The van der Waals surface area contributed by atoms with Gasteiger partial charge in [-0.3, -0.25) is 4.79 Å². The lowest BCUT2D eigenvalue weighted by Crippen LogP contribution is -2.37. The smallest absolute Gasteiger partial charge is 0.254 e. The van der Waals surface area contributed by atoms with E-state index < -0.39 is 0 Å². The molecule has 0 spiro atoms. The number of carbonyl (C=O) groups excluding carboxylic acids is 1. The number of likely N-dealkylation sites (tertiary alicyclic amines) is 1. The van der Waals surface area contributed by atoms with E-state index in [1.165, 1.54) is 6.42 Å². The standard InChI is InChI=1S/C18H26N2O.ClH/c1-17(2)8-15-9-18(3,11-17)12-20(15)16(21)14-6-4-13(10-19)5-7-14;/h4-7,15H,8-12,19H2,1-3H3;1H. The van der Waals surface area contributed by atoms with Crippen molar-refractivity contribution in [2.75, 3.05) is 6.54 Å². The van der Waals surface area contributed by atoms with Gasteiger partial charge in [0.05, 0.1) is 0 Å².